The lowest BCUT2D eigenvalue weighted by molar-refractivity contribution is 1.05. The monoisotopic (exact) mass is 340 g/mol. The predicted octanol–water partition coefficient (Wildman–Crippen LogP) is 4.29. The van der Waals surface area contributed by atoms with E-state index in [1.54, 1.807) is 0 Å². The van der Waals surface area contributed by atoms with Crippen LogP contribution in [0.3, 0.4) is 0 Å². The van der Waals surface area contributed by atoms with E-state index in [2.05, 4.69) is 41.8 Å². The Balaban J connectivity index is 2.52. The number of hydrogen-bond acceptors (Lipinski definition) is 2. The molecule has 2 rings (SSSR count). The molecule has 1 aromatic carbocycles. The number of rotatable bonds is 1. The van der Waals surface area contributed by atoms with Crippen LogP contribution in [0.5, 0.6) is 0 Å². The van der Waals surface area contributed by atoms with Gasteiger partial charge in [-0.2, -0.15) is 0 Å². The SMILES string of the molecule is Cc1nc(-c2ccc(Br)cc2)nc(Br)c1C. The minimum Gasteiger partial charge on any atom is -0.233 e. The molecule has 1 heterocycles. The Labute approximate surface area is 111 Å². The van der Waals surface area contributed by atoms with Crippen LogP contribution in [0.1, 0.15) is 11.3 Å². The summed E-state index contributed by atoms with van der Waals surface area (Å²) in [7, 11) is 0. The zero-order valence-corrected chi connectivity index (χ0v) is 12.1. The van der Waals surface area contributed by atoms with Crippen molar-refractivity contribution in [3.8, 4) is 11.4 Å². The van der Waals surface area contributed by atoms with Crippen LogP contribution in [0.25, 0.3) is 11.4 Å². The van der Waals surface area contributed by atoms with Gasteiger partial charge in [-0.05, 0) is 41.9 Å². The molecule has 0 saturated carbocycles. The van der Waals surface area contributed by atoms with Crippen molar-refractivity contribution in [1.82, 2.24) is 9.97 Å². The standard InChI is InChI=1S/C12H10Br2N2/c1-7-8(2)15-12(16-11(7)14)9-3-5-10(13)6-4-9/h3-6H,1-2H3. The summed E-state index contributed by atoms with van der Waals surface area (Å²) in [5.74, 6) is 0.752. The zero-order chi connectivity index (χ0) is 11.7. The van der Waals surface area contributed by atoms with Gasteiger partial charge in [0, 0.05) is 21.3 Å². The van der Waals surface area contributed by atoms with Gasteiger partial charge in [-0.25, -0.2) is 9.97 Å². The van der Waals surface area contributed by atoms with E-state index >= 15 is 0 Å². The van der Waals surface area contributed by atoms with Crippen LogP contribution in [-0.2, 0) is 0 Å². The Morgan fingerprint density at radius 1 is 0.938 bits per heavy atom. The summed E-state index contributed by atoms with van der Waals surface area (Å²) >= 11 is 6.86. The highest BCUT2D eigenvalue weighted by atomic mass is 79.9. The first-order valence-electron chi connectivity index (χ1n) is 4.84. The molecule has 0 amide bonds. The van der Waals surface area contributed by atoms with Gasteiger partial charge in [0.15, 0.2) is 5.82 Å². The number of aryl methyl sites for hydroxylation is 1. The van der Waals surface area contributed by atoms with Gasteiger partial charge in [-0.3, -0.25) is 0 Å². The van der Waals surface area contributed by atoms with E-state index in [0.29, 0.717) is 0 Å². The average molecular weight is 342 g/mol. The first kappa shape index (κ1) is 11.7. The molecule has 1 aromatic heterocycles. The Hall–Kier alpha value is -0.740. The Bertz CT molecular complexity index is 498. The van der Waals surface area contributed by atoms with Crippen molar-refractivity contribution in [2.75, 3.05) is 0 Å². The van der Waals surface area contributed by atoms with Crippen molar-refractivity contribution in [2.45, 2.75) is 13.8 Å². The summed E-state index contributed by atoms with van der Waals surface area (Å²) in [5, 5.41) is 0. The van der Waals surface area contributed by atoms with E-state index in [1.165, 1.54) is 0 Å². The quantitative estimate of drug-likeness (QED) is 0.723. The number of hydrogen-bond donors (Lipinski definition) is 0. The minimum absolute atomic E-state index is 0.752. The maximum Gasteiger partial charge on any atom is 0.160 e. The smallest absolute Gasteiger partial charge is 0.160 e. The van der Waals surface area contributed by atoms with Crippen molar-refractivity contribution in [3.05, 3.63) is 44.6 Å². The molecule has 0 unspecified atom stereocenters. The topological polar surface area (TPSA) is 25.8 Å². The van der Waals surface area contributed by atoms with Crippen LogP contribution in [0.2, 0.25) is 0 Å². The van der Waals surface area contributed by atoms with E-state index in [4.69, 9.17) is 0 Å². The van der Waals surface area contributed by atoms with Crippen molar-refractivity contribution in [1.29, 1.82) is 0 Å². The average Bonchev–Trinajstić information content (AvgIpc) is 2.26. The highest BCUT2D eigenvalue weighted by Crippen LogP contribution is 2.23. The van der Waals surface area contributed by atoms with Gasteiger partial charge in [-0.1, -0.05) is 28.1 Å². The third-order valence-electron chi connectivity index (χ3n) is 2.43. The second kappa shape index (κ2) is 4.63. The number of benzene rings is 1. The fraction of sp³-hybridized carbons (Fsp3) is 0.167. The number of halogens is 2. The van der Waals surface area contributed by atoms with Gasteiger partial charge < -0.3 is 0 Å². The molecular weight excluding hydrogens is 332 g/mol. The molecular formula is C12H10Br2N2. The lowest BCUT2D eigenvalue weighted by Gasteiger charge is -2.06. The summed E-state index contributed by atoms with van der Waals surface area (Å²) in [6, 6.07) is 7.98. The third-order valence-corrected chi connectivity index (χ3v) is 3.73. The van der Waals surface area contributed by atoms with Crippen molar-refractivity contribution >= 4 is 31.9 Å². The van der Waals surface area contributed by atoms with E-state index < -0.39 is 0 Å². The molecule has 2 aromatic rings. The molecule has 0 bridgehead atoms. The maximum atomic E-state index is 4.48. The Morgan fingerprint density at radius 3 is 2.12 bits per heavy atom. The summed E-state index contributed by atoms with van der Waals surface area (Å²) < 4.78 is 1.91. The van der Waals surface area contributed by atoms with Crippen LogP contribution in [0, 0.1) is 13.8 Å². The molecule has 0 fully saturated rings. The van der Waals surface area contributed by atoms with E-state index in [0.717, 1.165) is 31.7 Å². The molecule has 0 aliphatic rings. The first-order valence-corrected chi connectivity index (χ1v) is 6.43. The first-order chi connectivity index (χ1) is 7.58. The predicted molar refractivity (Wildman–Crippen MR) is 72.3 cm³/mol. The van der Waals surface area contributed by atoms with Crippen LogP contribution < -0.4 is 0 Å². The minimum atomic E-state index is 0.752. The second-order valence-corrected chi connectivity index (χ2v) is 5.22. The fourth-order valence-electron chi connectivity index (χ4n) is 1.32. The second-order valence-electron chi connectivity index (χ2n) is 3.56. The summed E-state index contributed by atoms with van der Waals surface area (Å²) in [5.41, 5.74) is 3.10. The largest absolute Gasteiger partial charge is 0.233 e. The molecule has 0 spiro atoms. The van der Waals surface area contributed by atoms with Gasteiger partial charge in [0.25, 0.3) is 0 Å². The van der Waals surface area contributed by atoms with Crippen LogP contribution in [0.4, 0.5) is 0 Å². The zero-order valence-electron chi connectivity index (χ0n) is 8.96. The lowest BCUT2D eigenvalue weighted by atomic mass is 10.2. The lowest BCUT2D eigenvalue weighted by Crippen LogP contribution is -1.96. The summed E-state index contributed by atoms with van der Waals surface area (Å²) in [6.07, 6.45) is 0. The van der Waals surface area contributed by atoms with Gasteiger partial charge in [-0.15, -0.1) is 0 Å². The molecule has 0 aliphatic carbocycles. The van der Waals surface area contributed by atoms with Crippen molar-refractivity contribution in [2.24, 2.45) is 0 Å². The molecule has 0 aliphatic heterocycles. The van der Waals surface area contributed by atoms with E-state index in [-0.39, 0.29) is 0 Å². The van der Waals surface area contributed by atoms with Crippen LogP contribution in [-0.4, -0.2) is 9.97 Å². The molecule has 4 heteroatoms. The maximum absolute atomic E-state index is 4.48. The molecule has 0 atom stereocenters. The third kappa shape index (κ3) is 2.33. The van der Waals surface area contributed by atoms with E-state index in [9.17, 15) is 0 Å². The molecule has 0 saturated heterocycles. The van der Waals surface area contributed by atoms with Gasteiger partial charge >= 0.3 is 0 Å². The number of nitrogens with zero attached hydrogens (tertiary/aromatic N) is 2. The Morgan fingerprint density at radius 2 is 1.56 bits per heavy atom. The Kier molecular flexibility index (Phi) is 3.40. The van der Waals surface area contributed by atoms with Crippen LogP contribution in [0.15, 0.2) is 33.3 Å². The normalized spacial score (nSPS) is 10.5. The van der Waals surface area contributed by atoms with Crippen LogP contribution >= 0.6 is 31.9 Å². The van der Waals surface area contributed by atoms with E-state index in [1.807, 2.05) is 38.1 Å². The van der Waals surface area contributed by atoms with Gasteiger partial charge in [0.2, 0.25) is 0 Å². The summed E-state index contributed by atoms with van der Waals surface area (Å²) in [4.78, 5) is 8.90. The molecule has 16 heavy (non-hydrogen) atoms. The molecule has 2 nitrogen and oxygen atoms in total. The molecule has 0 radical (unpaired) electrons. The van der Waals surface area contributed by atoms with Gasteiger partial charge in [0.05, 0.1) is 0 Å². The molecule has 0 N–H and O–H groups in total. The highest BCUT2D eigenvalue weighted by Gasteiger charge is 2.07. The van der Waals surface area contributed by atoms with Gasteiger partial charge in [0.1, 0.15) is 4.60 Å². The fourth-order valence-corrected chi connectivity index (χ4v) is 2.04. The molecule has 82 valence electrons. The number of aromatic nitrogens is 2. The van der Waals surface area contributed by atoms with Crippen molar-refractivity contribution in [3.63, 3.8) is 0 Å². The highest BCUT2D eigenvalue weighted by molar-refractivity contribution is 9.10. The van der Waals surface area contributed by atoms with Crippen molar-refractivity contribution < 1.29 is 0 Å². The summed E-state index contributed by atoms with van der Waals surface area (Å²) in [6.45, 7) is 3.99.